The van der Waals surface area contributed by atoms with E-state index in [0.717, 1.165) is 16.5 Å². The van der Waals surface area contributed by atoms with Gasteiger partial charge in [-0.1, -0.05) is 41.6 Å². The van der Waals surface area contributed by atoms with Gasteiger partial charge in [-0.3, -0.25) is 4.57 Å². The van der Waals surface area contributed by atoms with Gasteiger partial charge in [-0.15, -0.1) is 16.8 Å². The summed E-state index contributed by atoms with van der Waals surface area (Å²) in [5, 5.41) is 19.2. The Morgan fingerprint density at radius 3 is 2.76 bits per heavy atom. The van der Waals surface area contributed by atoms with Crippen molar-refractivity contribution in [1.29, 1.82) is 0 Å². The lowest BCUT2D eigenvalue weighted by Crippen LogP contribution is -2.22. The third-order valence-corrected chi connectivity index (χ3v) is 4.27. The van der Waals surface area contributed by atoms with Crippen molar-refractivity contribution < 1.29 is 5.11 Å². The molecule has 1 aromatic carbocycles. The third kappa shape index (κ3) is 4.19. The van der Waals surface area contributed by atoms with E-state index >= 15 is 0 Å². The van der Waals surface area contributed by atoms with Gasteiger partial charge in [0.1, 0.15) is 0 Å². The van der Waals surface area contributed by atoms with Crippen molar-refractivity contribution in [3.05, 3.63) is 42.5 Å². The summed E-state index contributed by atoms with van der Waals surface area (Å²) in [6.07, 6.45) is 1.83. The third-order valence-electron chi connectivity index (χ3n) is 2.86. The first kappa shape index (κ1) is 15.8. The molecule has 0 amide bonds. The summed E-state index contributed by atoms with van der Waals surface area (Å²) in [6.45, 7) is 10.1. The van der Waals surface area contributed by atoms with Crippen molar-refractivity contribution in [3.63, 3.8) is 0 Å². The fourth-order valence-corrected chi connectivity index (χ4v) is 2.83. The SMILES string of the molecule is C=CCn1c(SCC(C)(C)O)nnc1-c1cccc(C)c1. The second-order valence-corrected chi connectivity index (χ2v) is 6.62. The Hall–Kier alpha value is -1.59. The predicted octanol–water partition coefficient (Wildman–Crippen LogP) is 3.30. The van der Waals surface area contributed by atoms with Gasteiger partial charge < -0.3 is 5.11 Å². The monoisotopic (exact) mass is 303 g/mol. The Balaban J connectivity index is 2.34. The molecule has 0 atom stereocenters. The van der Waals surface area contributed by atoms with Gasteiger partial charge >= 0.3 is 0 Å². The highest BCUT2D eigenvalue weighted by Crippen LogP contribution is 2.26. The van der Waals surface area contributed by atoms with Crippen molar-refractivity contribution in [2.45, 2.75) is 38.1 Å². The number of benzene rings is 1. The van der Waals surface area contributed by atoms with Crippen molar-refractivity contribution in [2.75, 3.05) is 5.75 Å². The number of nitrogens with zero attached hydrogens (tertiary/aromatic N) is 3. The quantitative estimate of drug-likeness (QED) is 0.657. The number of allylic oxidation sites excluding steroid dienone is 1. The Labute approximate surface area is 129 Å². The van der Waals surface area contributed by atoms with E-state index in [-0.39, 0.29) is 0 Å². The minimum absolute atomic E-state index is 0.566. The van der Waals surface area contributed by atoms with Crippen LogP contribution in [0.15, 0.2) is 42.1 Å². The lowest BCUT2D eigenvalue weighted by Gasteiger charge is -2.16. The van der Waals surface area contributed by atoms with Crippen LogP contribution in [0.1, 0.15) is 19.4 Å². The highest BCUT2D eigenvalue weighted by atomic mass is 32.2. The minimum Gasteiger partial charge on any atom is -0.390 e. The van der Waals surface area contributed by atoms with Crippen LogP contribution >= 0.6 is 11.8 Å². The van der Waals surface area contributed by atoms with Gasteiger partial charge in [0, 0.05) is 17.9 Å². The largest absolute Gasteiger partial charge is 0.390 e. The molecule has 0 saturated carbocycles. The summed E-state index contributed by atoms with van der Waals surface area (Å²) in [5.41, 5.74) is 1.49. The number of aryl methyl sites for hydroxylation is 1. The highest BCUT2D eigenvalue weighted by molar-refractivity contribution is 7.99. The van der Waals surface area contributed by atoms with Crippen molar-refractivity contribution >= 4 is 11.8 Å². The van der Waals surface area contributed by atoms with Crippen molar-refractivity contribution in [1.82, 2.24) is 14.8 Å². The second kappa shape index (κ2) is 6.45. The van der Waals surface area contributed by atoms with E-state index in [1.165, 1.54) is 17.3 Å². The number of rotatable bonds is 6. The van der Waals surface area contributed by atoms with Gasteiger partial charge in [-0.05, 0) is 26.8 Å². The zero-order valence-corrected chi connectivity index (χ0v) is 13.5. The van der Waals surface area contributed by atoms with E-state index in [0.29, 0.717) is 12.3 Å². The molecule has 1 N–H and O–H groups in total. The molecule has 0 unspecified atom stereocenters. The molecular formula is C16H21N3OS. The van der Waals surface area contributed by atoms with Crippen LogP contribution < -0.4 is 0 Å². The van der Waals surface area contributed by atoms with Crippen LogP contribution in [0.25, 0.3) is 11.4 Å². The zero-order chi connectivity index (χ0) is 15.5. The van der Waals surface area contributed by atoms with Crippen LogP contribution in [-0.4, -0.2) is 31.2 Å². The molecule has 0 bridgehead atoms. The molecule has 4 nitrogen and oxygen atoms in total. The molecule has 2 rings (SSSR count). The Morgan fingerprint density at radius 2 is 2.14 bits per heavy atom. The average molecular weight is 303 g/mol. The van der Waals surface area contributed by atoms with E-state index in [9.17, 15) is 5.11 Å². The second-order valence-electron chi connectivity index (χ2n) is 5.68. The molecule has 21 heavy (non-hydrogen) atoms. The first-order chi connectivity index (χ1) is 9.90. The molecule has 0 radical (unpaired) electrons. The van der Waals surface area contributed by atoms with Crippen molar-refractivity contribution in [2.24, 2.45) is 0 Å². The van der Waals surface area contributed by atoms with Gasteiger partial charge in [0.15, 0.2) is 11.0 Å². The van der Waals surface area contributed by atoms with E-state index in [2.05, 4.69) is 35.8 Å². The van der Waals surface area contributed by atoms with Gasteiger partial charge in [-0.2, -0.15) is 0 Å². The minimum atomic E-state index is -0.737. The maximum atomic E-state index is 9.86. The number of hydrogen-bond acceptors (Lipinski definition) is 4. The molecule has 5 heteroatoms. The van der Waals surface area contributed by atoms with Gasteiger partial charge in [0.05, 0.1) is 5.60 Å². The number of aliphatic hydroxyl groups is 1. The number of thioether (sulfide) groups is 1. The van der Waals surface area contributed by atoms with Gasteiger partial charge in [0.2, 0.25) is 0 Å². The summed E-state index contributed by atoms with van der Waals surface area (Å²) >= 11 is 1.51. The summed E-state index contributed by atoms with van der Waals surface area (Å²) in [7, 11) is 0. The fourth-order valence-electron chi connectivity index (χ4n) is 1.93. The maximum absolute atomic E-state index is 9.86. The lowest BCUT2D eigenvalue weighted by molar-refractivity contribution is 0.107. The molecule has 0 aliphatic carbocycles. The first-order valence-corrected chi connectivity index (χ1v) is 7.85. The van der Waals surface area contributed by atoms with Gasteiger partial charge in [-0.25, -0.2) is 0 Å². The topological polar surface area (TPSA) is 50.9 Å². The van der Waals surface area contributed by atoms with Crippen LogP contribution in [-0.2, 0) is 6.54 Å². The highest BCUT2D eigenvalue weighted by Gasteiger charge is 2.18. The Kier molecular flexibility index (Phi) is 4.85. The van der Waals surface area contributed by atoms with Crippen LogP contribution in [0.2, 0.25) is 0 Å². The number of hydrogen-bond donors (Lipinski definition) is 1. The molecule has 0 spiro atoms. The van der Waals surface area contributed by atoms with Crippen LogP contribution in [0.4, 0.5) is 0 Å². The van der Waals surface area contributed by atoms with E-state index in [1.807, 2.05) is 22.8 Å². The summed E-state index contributed by atoms with van der Waals surface area (Å²) < 4.78 is 2.03. The van der Waals surface area contributed by atoms with Crippen LogP contribution in [0.3, 0.4) is 0 Å². The lowest BCUT2D eigenvalue weighted by atomic mass is 10.1. The number of aromatic nitrogens is 3. The molecule has 112 valence electrons. The first-order valence-electron chi connectivity index (χ1n) is 6.87. The Morgan fingerprint density at radius 1 is 1.38 bits per heavy atom. The predicted molar refractivity (Wildman–Crippen MR) is 87.4 cm³/mol. The van der Waals surface area contributed by atoms with E-state index < -0.39 is 5.60 Å². The van der Waals surface area contributed by atoms with Gasteiger partial charge in [0.25, 0.3) is 0 Å². The molecule has 1 heterocycles. The molecule has 0 aliphatic rings. The molecule has 2 aromatic rings. The standard InChI is InChI=1S/C16H21N3OS/c1-5-9-19-14(13-8-6-7-12(2)10-13)17-18-15(19)21-11-16(3,4)20/h5-8,10,20H,1,9,11H2,2-4H3. The molecule has 0 fully saturated rings. The van der Waals surface area contributed by atoms with Crippen LogP contribution in [0.5, 0.6) is 0 Å². The van der Waals surface area contributed by atoms with Crippen molar-refractivity contribution in [3.8, 4) is 11.4 Å². The molecule has 0 saturated heterocycles. The zero-order valence-electron chi connectivity index (χ0n) is 12.7. The molecule has 1 aromatic heterocycles. The average Bonchev–Trinajstić information content (AvgIpc) is 2.79. The summed E-state index contributed by atoms with van der Waals surface area (Å²) in [4.78, 5) is 0. The van der Waals surface area contributed by atoms with Crippen LogP contribution in [0, 0.1) is 6.92 Å². The molecule has 0 aliphatic heterocycles. The maximum Gasteiger partial charge on any atom is 0.191 e. The van der Waals surface area contributed by atoms with E-state index in [1.54, 1.807) is 13.8 Å². The summed E-state index contributed by atoms with van der Waals surface area (Å²) in [5.74, 6) is 1.40. The Bertz CT molecular complexity index is 629. The summed E-state index contributed by atoms with van der Waals surface area (Å²) in [6, 6.07) is 8.19. The normalized spacial score (nSPS) is 11.6. The fraction of sp³-hybridized carbons (Fsp3) is 0.375. The van der Waals surface area contributed by atoms with E-state index in [4.69, 9.17) is 0 Å². The molecular weight excluding hydrogens is 282 g/mol. The smallest absolute Gasteiger partial charge is 0.191 e.